The van der Waals surface area contributed by atoms with Crippen LogP contribution in [0.15, 0.2) is 0 Å². The lowest BCUT2D eigenvalue weighted by atomic mass is 10.1. The fraction of sp³-hybridized carbons (Fsp3) is 0.909. The van der Waals surface area contributed by atoms with Crippen LogP contribution in [0, 0.1) is 5.92 Å². The Morgan fingerprint density at radius 1 is 1.29 bits per heavy atom. The van der Waals surface area contributed by atoms with Crippen LogP contribution >= 0.6 is 0 Å². The van der Waals surface area contributed by atoms with E-state index in [0.717, 1.165) is 6.42 Å². The molecule has 1 N–H and O–H groups in total. The SMILES string of the molecule is CC(C)CCOCCS(=O)(=O)C(C)(C)C(=O)O. The summed E-state index contributed by atoms with van der Waals surface area (Å²) in [7, 11) is -3.68. The predicted molar refractivity (Wildman–Crippen MR) is 65.8 cm³/mol. The van der Waals surface area contributed by atoms with Crippen LogP contribution < -0.4 is 0 Å². The number of sulfone groups is 1. The minimum Gasteiger partial charge on any atom is -0.480 e. The zero-order valence-corrected chi connectivity index (χ0v) is 11.7. The largest absolute Gasteiger partial charge is 0.480 e. The molecule has 0 aliphatic heterocycles. The number of rotatable bonds is 8. The van der Waals surface area contributed by atoms with Gasteiger partial charge >= 0.3 is 5.97 Å². The van der Waals surface area contributed by atoms with E-state index in [2.05, 4.69) is 0 Å². The van der Waals surface area contributed by atoms with Gasteiger partial charge in [0.25, 0.3) is 0 Å². The van der Waals surface area contributed by atoms with Gasteiger partial charge in [0.15, 0.2) is 14.6 Å². The molecule has 0 rings (SSSR count). The Bertz CT molecular complexity index is 343. The molecule has 0 aromatic carbocycles. The highest BCUT2D eigenvalue weighted by atomic mass is 32.2. The third-order valence-electron chi connectivity index (χ3n) is 2.63. The zero-order chi connectivity index (χ0) is 13.7. The highest BCUT2D eigenvalue weighted by molar-refractivity contribution is 7.93. The predicted octanol–water partition coefficient (Wildman–Crippen LogP) is 1.33. The van der Waals surface area contributed by atoms with Gasteiger partial charge in [0.2, 0.25) is 0 Å². The van der Waals surface area contributed by atoms with E-state index in [1.54, 1.807) is 0 Å². The molecule has 0 amide bonds. The van der Waals surface area contributed by atoms with E-state index in [4.69, 9.17) is 9.84 Å². The van der Waals surface area contributed by atoms with E-state index >= 15 is 0 Å². The lowest BCUT2D eigenvalue weighted by Gasteiger charge is -2.19. The summed E-state index contributed by atoms with van der Waals surface area (Å²) in [5.74, 6) is -1.09. The molecule has 0 heterocycles. The average molecular weight is 266 g/mol. The number of aliphatic carboxylic acids is 1. The van der Waals surface area contributed by atoms with Gasteiger partial charge in [0, 0.05) is 6.61 Å². The maximum absolute atomic E-state index is 11.7. The van der Waals surface area contributed by atoms with E-state index in [-0.39, 0.29) is 12.4 Å². The number of carboxylic acids is 1. The minimum atomic E-state index is -3.68. The van der Waals surface area contributed by atoms with Crippen LogP contribution in [-0.4, -0.2) is 43.2 Å². The van der Waals surface area contributed by atoms with Crippen molar-refractivity contribution < 1.29 is 23.1 Å². The first-order valence-corrected chi connectivity index (χ1v) is 7.30. The first-order chi connectivity index (χ1) is 7.61. The molecular weight excluding hydrogens is 244 g/mol. The summed E-state index contributed by atoms with van der Waals surface area (Å²) in [6.45, 7) is 7.03. The molecule has 0 bridgehead atoms. The summed E-state index contributed by atoms with van der Waals surface area (Å²) in [4.78, 5) is 10.8. The van der Waals surface area contributed by atoms with Crippen molar-refractivity contribution in [3.8, 4) is 0 Å². The topological polar surface area (TPSA) is 80.7 Å². The molecule has 5 nitrogen and oxygen atoms in total. The molecule has 0 aromatic rings. The first-order valence-electron chi connectivity index (χ1n) is 5.64. The van der Waals surface area contributed by atoms with Crippen LogP contribution in [0.25, 0.3) is 0 Å². The quantitative estimate of drug-likeness (QED) is 0.670. The fourth-order valence-electron chi connectivity index (χ4n) is 0.978. The summed E-state index contributed by atoms with van der Waals surface area (Å²) < 4.78 is 26.9. The normalized spacial score (nSPS) is 13.0. The van der Waals surface area contributed by atoms with E-state index in [1.165, 1.54) is 13.8 Å². The molecule has 0 aromatic heterocycles. The van der Waals surface area contributed by atoms with Crippen molar-refractivity contribution in [2.24, 2.45) is 5.92 Å². The second-order valence-corrected chi connectivity index (χ2v) is 7.59. The lowest BCUT2D eigenvalue weighted by molar-refractivity contribution is -0.139. The lowest BCUT2D eigenvalue weighted by Crippen LogP contribution is -2.42. The molecule has 0 atom stereocenters. The molecular formula is C11H22O5S. The first kappa shape index (κ1) is 16.4. The second-order valence-electron chi connectivity index (χ2n) is 4.93. The standard InChI is InChI=1S/C11H22O5S/c1-9(2)5-6-16-7-8-17(14,15)11(3,4)10(12)13/h9H,5-8H2,1-4H3,(H,12,13). The summed E-state index contributed by atoms with van der Waals surface area (Å²) >= 11 is 0. The maximum Gasteiger partial charge on any atom is 0.324 e. The van der Waals surface area contributed by atoms with Gasteiger partial charge in [-0.15, -0.1) is 0 Å². The van der Waals surface area contributed by atoms with Gasteiger partial charge in [0.05, 0.1) is 12.4 Å². The Kier molecular flexibility index (Phi) is 6.12. The van der Waals surface area contributed by atoms with Crippen LogP contribution in [0.1, 0.15) is 34.1 Å². The number of hydrogen-bond donors (Lipinski definition) is 1. The Balaban J connectivity index is 4.17. The third-order valence-corrected chi connectivity index (χ3v) is 5.06. The van der Waals surface area contributed by atoms with Gasteiger partial charge in [-0.25, -0.2) is 8.42 Å². The van der Waals surface area contributed by atoms with Crippen molar-refractivity contribution in [2.75, 3.05) is 19.0 Å². The summed E-state index contributed by atoms with van der Waals surface area (Å²) in [6, 6.07) is 0. The van der Waals surface area contributed by atoms with Crippen molar-refractivity contribution in [3.05, 3.63) is 0 Å². The molecule has 6 heteroatoms. The highest BCUT2D eigenvalue weighted by Crippen LogP contribution is 2.17. The average Bonchev–Trinajstić information content (AvgIpc) is 2.15. The Morgan fingerprint density at radius 2 is 1.82 bits per heavy atom. The Labute approximate surface area is 103 Å². The van der Waals surface area contributed by atoms with Gasteiger partial charge in [-0.05, 0) is 26.2 Å². The van der Waals surface area contributed by atoms with Crippen LogP contribution in [0.3, 0.4) is 0 Å². The maximum atomic E-state index is 11.7. The van der Waals surface area contributed by atoms with Crippen molar-refractivity contribution in [3.63, 3.8) is 0 Å². The molecule has 0 aliphatic rings. The zero-order valence-electron chi connectivity index (χ0n) is 10.9. The molecule has 0 radical (unpaired) electrons. The van der Waals surface area contributed by atoms with Crippen LogP contribution in [0.2, 0.25) is 0 Å². The van der Waals surface area contributed by atoms with Gasteiger partial charge in [-0.2, -0.15) is 0 Å². The van der Waals surface area contributed by atoms with Crippen LogP contribution in [0.4, 0.5) is 0 Å². The van der Waals surface area contributed by atoms with Gasteiger partial charge < -0.3 is 9.84 Å². The molecule has 0 spiro atoms. The molecule has 0 fully saturated rings. The molecule has 102 valence electrons. The van der Waals surface area contributed by atoms with Crippen LogP contribution in [0.5, 0.6) is 0 Å². The Hall–Kier alpha value is -0.620. The number of carboxylic acid groups (broad SMARTS) is 1. The second kappa shape index (κ2) is 6.35. The monoisotopic (exact) mass is 266 g/mol. The highest BCUT2D eigenvalue weighted by Gasteiger charge is 2.41. The number of ether oxygens (including phenoxy) is 1. The van der Waals surface area contributed by atoms with Gasteiger partial charge in [0.1, 0.15) is 0 Å². The van der Waals surface area contributed by atoms with E-state index in [1.807, 2.05) is 13.8 Å². The summed E-state index contributed by atoms with van der Waals surface area (Å²) in [5, 5.41) is 8.83. The molecule has 0 aliphatic carbocycles. The molecule has 0 saturated heterocycles. The minimum absolute atomic E-state index is 0.0474. The molecule has 0 unspecified atom stereocenters. The fourth-order valence-corrected chi connectivity index (χ4v) is 2.09. The van der Waals surface area contributed by atoms with Crippen LogP contribution in [-0.2, 0) is 19.4 Å². The smallest absolute Gasteiger partial charge is 0.324 e. The Morgan fingerprint density at radius 3 is 2.24 bits per heavy atom. The van der Waals surface area contributed by atoms with E-state index in [0.29, 0.717) is 12.5 Å². The molecule has 0 saturated carbocycles. The van der Waals surface area contributed by atoms with E-state index in [9.17, 15) is 13.2 Å². The number of hydrogen-bond acceptors (Lipinski definition) is 4. The summed E-state index contributed by atoms with van der Waals surface area (Å²) in [5.41, 5.74) is 0. The van der Waals surface area contributed by atoms with Gasteiger partial charge in [-0.1, -0.05) is 13.8 Å². The van der Waals surface area contributed by atoms with Crippen molar-refractivity contribution in [2.45, 2.75) is 38.9 Å². The van der Waals surface area contributed by atoms with Crippen molar-refractivity contribution in [1.29, 1.82) is 0 Å². The third kappa shape index (κ3) is 5.04. The van der Waals surface area contributed by atoms with Gasteiger partial charge in [-0.3, -0.25) is 4.79 Å². The number of carbonyl (C=O) groups is 1. The van der Waals surface area contributed by atoms with Crippen molar-refractivity contribution >= 4 is 15.8 Å². The molecule has 17 heavy (non-hydrogen) atoms. The summed E-state index contributed by atoms with van der Waals surface area (Å²) in [6.07, 6.45) is 0.863. The van der Waals surface area contributed by atoms with E-state index < -0.39 is 20.6 Å². The van der Waals surface area contributed by atoms with Crippen molar-refractivity contribution in [1.82, 2.24) is 0 Å².